The molecule has 0 unspecified atom stereocenters. The van der Waals surface area contributed by atoms with E-state index >= 15 is 0 Å². The van der Waals surface area contributed by atoms with Crippen LogP contribution in [0.25, 0.3) is 22.3 Å². The van der Waals surface area contributed by atoms with Crippen molar-refractivity contribution in [3.05, 3.63) is 54.1 Å². The van der Waals surface area contributed by atoms with Crippen molar-refractivity contribution in [2.24, 2.45) is 10.8 Å². The molecule has 28 heavy (non-hydrogen) atoms. The monoisotopic (exact) mass is 371 g/mol. The fourth-order valence-corrected chi connectivity index (χ4v) is 5.82. The summed E-state index contributed by atoms with van der Waals surface area (Å²) in [6.45, 7) is 10.5. The molecule has 2 fully saturated rings. The van der Waals surface area contributed by atoms with E-state index in [4.69, 9.17) is 9.97 Å². The summed E-state index contributed by atoms with van der Waals surface area (Å²) in [6.07, 6.45) is 3.80. The third kappa shape index (κ3) is 2.97. The van der Waals surface area contributed by atoms with E-state index in [0.717, 1.165) is 29.3 Å². The van der Waals surface area contributed by atoms with Gasteiger partial charge in [0.1, 0.15) is 5.82 Å². The number of benzene rings is 2. The molecule has 1 saturated carbocycles. The lowest BCUT2D eigenvalue weighted by Gasteiger charge is -2.39. The summed E-state index contributed by atoms with van der Waals surface area (Å²) >= 11 is 0. The summed E-state index contributed by atoms with van der Waals surface area (Å²) in [5.41, 5.74) is 4.16. The smallest absolute Gasteiger partial charge is 0.162 e. The Morgan fingerprint density at radius 3 is 2.46 bits per heavy atom. The van der Waals surface area contributed by atoms with Crippen LogP contribution in [-0.4, -0.2) is 22.6 Å². The number of aromatic nitrogens is 2. The lowest BCUT2D eigenvalue weighted by molar-refractivity contribution is 0.136. The molecule has 2 bridgehead atoms. The average Bonchev–Trinajstić information content (AvgIpc) is 2.90. The molecule has 1 aliphatic carbocycles. The molecule has 144 valence electrons. The minimum absolute atomic E-state index is 0.377. The molecule has 3 nitrogen and oxygen atoms in total. The van der Waals surface area contributed by atoms with Gasteiger partial charge < -0.3 is 4.90 Å². The third-order valence-corrected chi connectivity index (χ3v) is 6.58. The summed E-state index contributed by atoms with van der Waals surface area (Å²) in [4.78, 5) is 12.6. The molecular weight excluding hydrogens is 342 g/mol. The van der Waals surface area contributed by atoms with Crippen LogP contribution in [0, 0.1) is 17.8 Å². The first-order chi connectivity index (χ1) is 13.3. The van der Waals surface area contributed by atoms with Gasteiger partial charge in [-0.1, -0.05) is 62.7 Å². The minimum Gasteiger partial charge on any atom is -0.352 e. The molecule has 1 saturated heterocycles. The first kappa shape index (κ1) is 17.7. The topological polar surface area (TPSA) is 29.0 Å². The van der Waals surface area contributed by atoms with Gasteiger partial charge in [-0.25, -0.2) is 9.97 Å². The van der Waals surface area contributed by atoms with Crippen molar-refractivity contribution in [1.82, 2.24) is 9.97 Å². The number of para-hydroxylation sites is 1. The highest BCUT2D eigenvalue weighted by Crippen LogP contribution is 2.53. The van der Waals surface area contributed by atoms with Crippen molar-refractivity contribution in [2.75, 3.05) is 11.4 Å². The van der Waals surface area contributed by atoms with Crippen LogP contribution in [0.5, 0.6) is 0 Å². The number of aryl methyl sites for hydroxylation is 1. The molecule has 0 N–H and O–H groups in total. The number of anilines is 1. The largest absolute Gasteiger partial charge is 0.352 e. The zero-order valence-electron chi connectivity index (χ0n) is 17.4. The number of hydrogen-bond donors (Lipinski definition) is 0. The van der Waals surface area contributed by atoms with Crippen LogP contribution in [0.3, 0.4) is 0 Å². The van der Waals surface area contributed by atoms with E-state index in [1.54, 1.807) is 0 Å². The fraction of sp³-hybridized carbons (Fsp3) is 0.440. The van der Waals surface area contributed by atoms with Crippen LogP contribution in [-0.2, 0) is 0 Å². The van der Waals surface area contributed by atoms with E-state index in [-0.39, 0.29) is 0 Å². The van der Waals surface area contributed by atoms with Crippen molar-refractivity contribution in [1.29, 1.82) is 0 Å². The van der Waals surface area contributed by atoms with E-state index in [1.165, 1.54) is 30.2 Å². The van der Waals surface area contributed by atoms with Gasteiger partial charge in [0.05, 0.1) is 5.52 Å². The first-order valence-electron chi connectivity index (χ1n) is 10.4. The maximum Gasteiger partial charge on any atom is 0.162 e. The molecule has 0 radical (unpaired) electrons. The van der Waals surface area contributed by atoms with Gasteiger partial charge >= 0.3 is 0 Å². The Morgan fingerprint density at radius 1 is 0.929 bits per heavy atom. The lowest BCUT2D eigenvalue weighted by Crippen LogP contribution is -2.35. The van der Waals surface area contributed by atoms with Crippen LogP contribution in [0.15, 0.2) is 48.5 Å². The van der Waals surface area contributed by atoms with Crippen molar-refractivity contribution in [3.8, 4) is 11.4 Å². The quantitative estimate of drug-likeness (QED) is 0.552. The van der Waals surface area contributed by atoms with Gasteiger partial charge in [-0.3, -0.25) is 0 Å². The summed E-state index contributed by atoms with van der Waals surface area (Å²) in [5, 5.41) is 1.17. The van der Waals surface area contributed by atoms with Crippen LogP contribution >= 0.6 is 0 Å². The Hall–Kier alpha value is -2.42. The van der Waals surface area contributed by atoms with Gasteiger partial charge in [0.15, 0.2) is 5.82 Å². The molecule has 3 aromatic rings. The fourth-order valence-electron chi connectivity index (χ4n) is 5.82. The van der Waals surface area contributed by atoms with E-state index in [2.05, 4.69) is 81.1 Å². The number of fused-ring (bicyclic) bond motifs is 3. The van der Waals surface area contributed by atoms with Gasteiger partial charge in [0, 0.05) is 23.5 Å². The highest BCUT2D eigenvalue weighted by atomic mass is 15.3. The second-order valence-electron chi connectivity index (χ2n) is 10.1. The Kier molecular flexibility index (Phi) is 3.81. The summed E-state index contributed by atoms with van der Waals surface area (Å²) in [6, 6.07) is 17.6. The molecule has 2 aromatic carbocycles. The Balaban J connectivity index is 1.66. The highest BCUT2D eigenvalue weighted by molar-refractivity contribution is 5.91. The van der Waals surface area contributed by atoms with Crippen molar-refractivity contribution in [3.63, 3.8) is 0 Å². The second-order valence-corrected chi connectivity index (χ2v) is 10.1. The predicted octanol–water partition coefficient (Wildman–Crippen LogP) is 6.01. The molecule has 0 spiro atoms. The van der Waals surface area contributed by atoms with Crippen LogP contribution in [0.1, 0.15) is 45.6 Å². The van der Waals surface area contributed by atoms with Crippen molar-refractivity contribution >= 4 is 16.7 Å². The van der Waals surface area contributed by atoms with E-state index in [9.17, 15) is 0 Å². The third-order valence-electron chi connectivity index (χ3n) is 6.58. The standard InChI is InChI=1S/C25H29N3/c1-17-9-11-18(12-10-17)22-26-21-8-6-5-7-20(21)23(27-22)28-16-25(4)14-19(28)13-24(2,3)15-25/h5-12,19H,13-16H2,1-4H3/t19-,25+/m1/s1. The molecule has 1 aliphatic heterocycles. The lowest BCUT2D eigenvalue weighted by atomic mass is 9.65. The molecule has 1 aromatic heterocycles. The van der Waals surface area contributed by atoms with Gasteiger partial charge in [0.2, 0.25) is 0 Å². The molecule has 2 heterocycles. The van der Waals surface area contributed by atoms with Crippen LogP contribution in [0.2, 0.25) is 0 Å². The Labute approximate surface area is 167 Å². The number of nitrogens with zero attached hydrogens (tertiary/aromatic N) is 3. The first-order valence-corrected chi connectivity index (χ1v) is 10.4. The molecule has 0 amide bonds. The second kappa shape index (κ2) is 6.04. The number of rotatable bonds is 2. The SMILES string of the molecule is Cc1ccc(-c2nc(N3C[C@@]4(C)C[C@H]3CC(C)(C)C4)c3ccccc3n2)cc1. The average molecular weight is 372 g/mol. The minimum atomic E-state index is 0.377. The Morgan fingerprint density at radius 2 is 1.68 bits per heavy atom. The maximum absolute atomic E-state index is 5.14. The molecule has 3 heteroatoms. The van der Waals surface area contributed by atoms with Gasteiger partial charge in [-0.2, -0.15) is 0 Å². The predicted molar refractivity (Wildman–Crippen MR) is 117 cm³/mol. The van der Waals surface area contributed by atoms with Gasteiger partial charge in [-0.15, -0.1) is 0 Å². The molecular formula is C25H29N3. The normalized spacial score (nSPS) is 26.0. The van der Waals surface area contributed by atoms with Crippen LogP contribution < -0.4 is 4.90 Å². The van der Waals surface area contributed by atoms with Crippen molar-refractivity contribution in [2.45, 2.75) is 53.0 Å². The molecule has 2 aliphatic rings. The van der Waals surface area contributed by atoms with Gasteiger partial charge in [-0.05, 0) is 49.1 Å². The molecule has 2 atom stereocenters. The zero-order chi connectivity index (χ0) is 19.5. The van der Waals surface area contributed by atoms with Gasteiger partial charge in [0.25, 0.3) is 0 Å². The summed E-state index contributed by atoms with van der Waals surface area (Å²) in [5.74, 6) is 1.95. The summed E-state index contributed by atoms with van der Waals surface area (Å²) in [7, 11) is 0. The van der Waals surface area contributed by atoms with E-state index < -0.39 is 0 Å². The molecule has 5 rings (SSSR count). The number of hydrogen-bond acceptors (Lipinski definition) is 3. The van der Waals surface area contributed by atoms with Crippen molar-refractivity contribution < 1.29 is 0 Å². The van der Waals surface area contributed by atoms with Crippen LogP contribution in [0.4, 0.5) is 5.82 Å². The summed E-state index contributed by atoms with van der Waals surface area (Å²) < 4.78 is 0. The van der Waals surface area contributed by atoms with E-state index in [1.807, 2.05) is 0 Å². The zero-order valence-corrected chi connectivity index (χ0v) is 17.4. The highest BCUT2D eigenvalue weighted by Gasteiger charge is 2.50. The van der Waals surface area contributed by atoms with E-state index in [0.29, 0.717) is 16.9 Å². The Bertz CT molecular complexity index is 1040. The maximum atomic E-state index is 5.14.